The Morgan fingerprint density at radius 3 is 2.29 bits per heavy atom. The molecule has 31 heavy (non-hydrogen) atoms. The number of alkyl halides is 3. The molecule has 0 bridgehead atoms. The van der Waals surface area contributed by atoms with Gasteiger partial charge in [0, 0.05) is 50.5 Å². The van der Waals surface area contributed by atoms with Gasteiger partial charge in [-0.15, -0.1) is 0 Å². The van der Waals surface area contributed by atoms with Crippen molar-refractivity contribution in [3.05, 3.63) is 60.2 Å². The van der Waals surface area contributed by atoms with Crippen molar-refractivity contribution in [2.75, 3.05) is 42.9 Å². The number of urea groups is 1. The van der Waals surface area contributed by atoms with E-state index < -0.39 is 17.8 Å². The number of halogens is 3. The van der Waals surface area contributed by atoms with E-state index >= 15 is 0 Å². The molecule has 0 spiro atoms. The summed E-state index contributed by atoms with van der Waals surface area (Å²) in [5.41, 5.74) is 4.68. The molecule has 3 rings (SSSR count). The van der Waals surface area contributed by atoms with Crippen molar-refractivity contribution in [3.63, 3.8) is 0 Å². The van der Waals surface area contributed by atoms with Crippen LogP contribution in [-0.2, 0) is 11.0 Å². The van der Waals surface area contributed by atoms with Gasteiger partial charge in [0.1, 0.15) is 0 Å². The number of benzene rings is 2. The second-order valence-electron chi connectivity index (χ2n) is 7.12. The summed E-state index contributed by atoms with van der Waals surface area (Å²) < 4.78 is 38.1. The molecule has 1 aliphatic heterocycles. The number of para-hydroxylation sites is 1. The molecule has 2 aromatic rings. The van der Waals surface area contributed by atoms with Crippen molar-refractivity contribution in [1.82, 2.24) is 15.8 Å². The number of anilines is 2. The molecular weight excluding hydrogens is 411 g/mol. The van der Waals surface area contributed by atoms with E-state index in [1.807, 2.05) is 18.2 Å². The maximum Gasteiger partial charge on any atom is 0.416 e. The number of nitrogens with zero attached hydrogens (tertiary/aromatic N) is 2. The van der Waals surface area contributed by atoms with Crippen molar-refractivity contribution in [2.45, 2.75) is 12.6 Å². The third kappa shape index (κ3) is 6.88. The van der Waals surface area contributed by atoms with Gasteiger partial charge in [-0.3, -0.25) is 15.1 Å². The Labute approximate surface area is 178 Å². The zero-order chi connectivity index (χ0) is 22.3. The van der Waals surface area contributed by atoms with Crippen LogP contribution in [0.15, 0.2) is 54.6 Å². The Morgan fingerprint density at radius 2 is 1.61 bits per heavy atom. The third-order valence-corrected chi connectivity index (χ3v) is 4.91. The fourth-order valence-electron chi connectivity index (χ4n) is 3.25. The lowest BCUT2D eigenvalue weighted by molar-refractivity contribution is -0.137. The highest BCUT2D eigenvalue weighted by Crippen LogP contribution is 2.30. The molecule has 0 aromatic heterocycles. The molecule has 3 amide bonds. The van der Waals surface area contributed by atoms with E-state index in [4.69, 9.17) is 0 Å². The van der Waals surface area contributed by atoms with Crippen LogP contribution >= 0.6 is 0 Å². The molecule has 0 saturated carbocycles. The zero-order valence-corrected chi connectivity index (χ0v) is 16.8. The average molecular weight is 435 g/mol. The van der Waals surface area contributed by atoms with Gasteiger partial charge in [-0.1, -0.05) is 24.3 Å². The van der Waals surface area contributed by atoms with E-state index in [1.165, 1.54) is 17.8 Å². The number of carbonyl (C=O) groups is 2. The number of nitrogens with one attached hydrogen (secondary N) is 3. The Bertz CT molecular complexity index is 884. The highest BCUT2D eigenvalue weighted by atomic mass is 19.4. The molecular formula is C21H24F3N5O2. The van der Waals surface area contributed by atoms with Gasteiger partial charge in [0.15, 0.2) is 0 Å². The van der Waals surface area contributed by atoms with Gasteiger partial charge in [-0.25, -0.2) is 10.2 Å². The number of hydrazine groups is 1. The molecule has 1 heterocycles. The summed E-state index contributed by atoms with van der Waals surface area (Å²) in [6.45, 7) is 3.93. The minimum absolute atomic E-state index is 0.0298. The summed E-state index contributed by atoms with van der Waals surface area (Å²) in [5.74, 6) is -0.385. The number of rotatable bonds is 5. The lowest BCUT2D eigenvalue weighted by atomic mass is 10.2. The molecule has 0 atom stereocenters. The van der Waals surface area contributed by atoms with Crippen LogP contribution in [0.3, 0.4) is 0 Å². The third-order valence-electron chi connectivity index (χ3n) is 4.91. The molecule has 3 N–H and O–H groups in total. The van der Waals surface area contributed by atoms with Crippen molar-refractivity contribution in [2.24, 2.45) is 0 Å². The van der Waals surface area contributed by atoms with Gasteiger partial charge in [0.05, 0.1) is 5.56 Å². The number of hydrogen-bond acceptors (Lipinski definition) is 4. The topological polar surface area (TPSA) is 76.7 Å². The Morgan fingerprint density at radius 1 is 0.903 bits per heavy atom. The first-order chi connectivity index (χ1) is 14.8. The van der Waals surface area contributed by atoms with Crippen molar-refractivity contribution >= 4 is 23.3 Å². The van der Waals surface area contributed by atoms with E-state index in [-0.39, 0.29) is 18.0 Å². The van der Waals surface area contributed by atoms with Crippen molar-refractivity contribution < 1.29 is 22.8 Å². The number of hydrogen-bond donors (Lipinski definition) is 3. The van der Waals surface area contributed by atoms with Crippen molar-refractivity contribution in [1.29, 1.82) is 0 Å². The van der Waals surface area contributed by atoms with Crippen LogP contribution < -0.4 is 21.1 Å². The average Bonchev–Trinajstić information content (AvgIpc) is 2.77. The highest BCUT2D eigenvalue weighted by molar-refractivity contribution is 5.91. The predicted octanol–water partition coefficient (Wildman–Crippen LogP) is 3.07. The van der Waals surface area contributed by atoms with Crippen LogP contribution in [0.5, 0.6) is 0 Å². The van der Waals surface area contributed by atoms with Crippen LogP contribution in [0, 0.1) is 0 Å². The molecule has 7 nitrogen and oxygen atoms in total. The fraction of sp³-hybridized carbons (Fsp3) is 0.333. The molecule has 1 saturated heterocycles. The van der Waals surface area contributed by atoms with Gasteiger partial charge in [-0.2, -0.15) is 13.2 Å². The summed E-state index contributed by atoms with van der Waals surface area (Å²) in [6, 6.07) is 13.5. The first kappa shape index (κ1) is 22.4. The SMILES string of the molecule is O=C(CCN1CCN(c2ccccc2)CC1)NNC(=O)Nc1cccc(C(F)(F)F)c1. The van der Waals surface area contributed by atoms with Crippen LogP contribution in [-0.4, -0.2) is 49.6 Å². The first-order valence-electron chi connectivity index (χ1n) is 9.87. The number of carbonyl (C=O) groups excluding carboxylic acids is 2. The van der Waals surface area contributed by atoms with E-state index in [1.54, 1.807) is 0 Å². The zero-order valence-electron chi connectivity index (χ0n) is 16.8. The van der Waals surface area contributed by atoms with Crippen LogP contribution in [0.25, 0.3) is 0 Å². The quantitative estimate of drug-likeness (QED) is 0.631. The molecule has 0 aliphatic carbocycles. The molecule has 1 fully saturated rings. The molecule has 2 aromatic carbocycles. The maximum atomic E-state index is 12.7. The van der Waals surface area contributed by atoms with E-state index in [0.29, 0.717) is 6.54 Å². The van der Waals surface area contributed by atoms with Crippen LogP contribution in [0.4, 0.5) is 29.3 Å². The Balaban J connectivity index is 1.35. The lowest BCUT2D eigenvalue weighted by Crippen LogP contribution is -2.48. The molecule has 10 heteroatoms. The van der Waals surface area contributed by atoms with E-state index in [0.717, 1.165) is 38.3 Å². The largest absolute Gasteiger partial charge is 0.416 e. The smallest absolute Gasteiger partial charge is 0.369 e. The van der Waals surface area contributed by atoms with E-state index in [2.05, 4.69) is 38.1 Å². The van der Waals surface area contributed by atoms with Crippen LogP contribution in [0.1, 0.15) is 12.0 Å². The summed E-state index contributed by atoms with van der Waals surface area (Å²) in [6.07, 6.45) is -4.32. The second kappa shape index (κ2) is 10.2. The maximum absolute atomic E-state index is 12.7. The molecule has 1 aliphatic rings. The second-order valence-corrected chi connectivity index (χ2v) is 7.12. The molecule has 0 radical (unpaired) electrons. The normalized spacial score (nSPS) is 14.7. The van der Waals surface area contributed by atoms with E-state index in [9.17, 15) is 22.8 Å². The molecule has 166 valence electrons. The summed E-state index contributed by atoms with van der Waals surface area (Å²) in [7, 11) is 0. The van der Waals surface area contributed by atoms with Gasteiger partial charge >= 0.3 is 12.2 Å². The summed E-state index contributed by atoms with van der Waals surface area (Å²) in [5, 5.41) is 2.25. The summed E-state index contributed by atoms with van der Waals surface area (Å²) >= 11 is 0. The van der Waals surface area contributed by atoms with Gasteiger partial charge in [-0.05, 0) is 30.3 Å². The Hall–Kier alpha value is -3.27. The number of piperazine rings is 1. The first-order valence-corrected chi connectivity index (χ1v) is 9.87. The van der Waals surface area contributed by atoms with Gasteiger partial charge in [0.2, 0.25) is 5.91 Å². The minimum atomic E-state index is -4.50. The molecule has 0 unspecified atom stereocenters. The number of amides is 3. The minimum Gasteiger partial charge on any atom is -0.369 e. The van der Waals surface area contributed by atoms with Crippen LogP contribution in [0.2, 0.25) is 0 Å². The monoisotopic (exact) mass is 435 g/mol. The standard InChI is InChI=1S/C21H24F3N5O2/c22-21(23,24)16-5-4-6-17(15-16)25-20(31)27-26-19(30)9-10-28-11-13-29(14-12-28)18-7-2-1-3-8-18/h1-8,15H,9-14H2,(H,26,30)(H2,25,27,31). The lowest BCUT2D eigenvalue weighted by Gasteiger charge is -2.36. The Kier molecular flexibility index (Phi) is 7.35. The highest BCUT2D eigenvalue weighted by Gasteiger charge is 2.30. The predicted molar refractivity (Wildman–Crippen MR) is 111 cm³/mol. The van der Waals surface area contributed by atoms with Gasteiger partial charge < -0.3 is 10.2 Å². The fourth-order valence-corrected chi connectivity index (χ4v) is 3.25. The van der Waals surface area contributed by atoms with Crippen molar-refractivity contribution in [3.8, 4) is 0 Å². The van der Waals surface area contributed by atoms with Gasteiger partial charge in [0.25, 0.3) is 0 Å². The summed E-state index contributed by atoms with van der Waals surface area (Å²) in [4.78, 5) is 28.3.